The van der Waals surface area contributed by atoms with Gasteiger partial charge in [-0.25, -0.2) is 0 Å². The van der Waals surface area contributed by atoms with Gasteiger partial charge in [0.15, 0.2) is 0 Å². The monoisotopic (exact) mass is 357 g/mol. The van der Waals surface area contributed by atoms with Gasteiger partial charge in [-0.05, 0) is 25.0 Å². The van der Waals surface area contributed by atoms with Gasteiger partial charge < -0.3 is 15.9 Å². The third-order valence-corrected chi connectivity index (χ3v) is 6.47. The standard InChI is InChI=1S/C19H23N3O2S/c20-16-15-14(13-9-6-10-24-13)11-7-4-2-1-3-5-8-12(11)22-19(15)25-17(16)18(21)23/h6,9-12H,1-5,7-8,20H2,(H2,21,23)/t11-,12+/m0/s1. The zero-order valence-corrected chi connectivity index (χ0v) is 15.0. The number of fused-ring (bicyclic) bond motifs is 2. The number of nitrogens with two attached hydrogens (primary N) is 2. The van der Waals surface area contributed by atoms with Crippen LogP contribution in [0.15, 0.2) is 27.8 Å². The van der Waals surface area contributed by atoms with Crippen LogP contribution < -0.4 is 21.4 Å². The van der Waals surface area contributed by atoms with E-state index in [2.05, 4.69) is 0 Å². The molecule has 3 heterocycles. The first kappa shape index (κ1) is 16.4. The quantitative estimate of drug-likeness (QED) is 0.865. The Labute approximate surface area is 150 Å². The maximum absolute atomic E-state index is 11.8. The second-order valence-electron chi connectivity index (χ2n) is 6.93. The van der Waals surface area contributed by atoms with Crippen LogP contribution in [0.4, 0.5) is 5.69 Å². The van der Waals surface area contributed by atoms with Gasteiger partial charge in [0, 0.05) is 16.7 Å². The molecule has 0 aromatic carbocycles. The van der Waals surface area contributed by atoms with Crippen LogP contribution in [0, 0.1) is 5.92 Å². The molecular formula is C19H23N3O2S. The van der Waals surface area contributed by atoms with E-state index in [9.17, 15) is 4.79 Å². The normalized spacial score (nSPS) is 23.6. The fourth-order valence-corrected chi connectivity index (χ4v) is 5.19. The number of carbonyl (C=O) groups is 1. The summed E-state index contributed by atoms with van der Waals surface area (Å²) in [6.45, 7) is 0. The first-order valence-electron chi connectivity index (χ1n) is 9.01. The molecule has 0 spiro atoms. The predicted octanol–water partition coefficient (Wildman–Crippen LogP) is 2.58. The lowest BCUT2D eigenvalue weighted by Gasteiger charge is -2.27. The molecule has 132 valence electrons. The van der Waals surface area contributed by atoms with Crippen molar-refractivity contribution in [3.63, 3.8) is 0 Å². The number of carbonyl (C=O) groups excluding carboxylic acids is 1. The number of furan rings is 1. The smallest absolute Gasteiger partial charge is 0.260 e. The Morgan fingerprint density at radius 2 is 1.96 bits per heavy atom. The van der Waals surface area contributed by atoms with E-state index in [-0.39, 0.29) is 12.0 Å². The lowest BCUT2D eigenvalue weighted by molar-refractivity contribution is 0.100. The summed E-state index contributed by atoms with van der Waals surface area (Å²) in [5.74, 6) is 0.639. The molecule has 5 nitrogen and oxygen atoms in total. The van der Waals surface area contributed by atoms with Crippen molar-refractivity contribution < 1.29 is 9.21 Å². The van der Waals surface area contributed by atoms with Crippen molar-refractivity contribution in [2.75, 3.05) is 5.73 Å². The summed E-state index contributed by atoms with van der Waals surface area (Å²) < 4.78 is 6.59. The fourth-order valence-electron chi connectivity index (χ4n) is 4.17. The van der Waals surface area contributed by atoms with E-state index in [0.29, 0.717) is 10.6 Å². The lowest BCUT2D eigenvalue weighted by atomic mass is 9.82. The van der Waals surface area contributed by atoms with Crippen molar-refractivity contribution in [3.8, 4) is 0 Å². The molecule has 4 N–H and O–H groups in total. The largest absolute Gasteiger partial charge is 0.465 e. The van der Waals surface area contributed by atoms with E-state index in [0.717, 1.165) is 34.1 Å². The van der Waals surface area contributed by atoms with Crippen molar-refractivity contribution in [2.24, 2.45) is 16.6 Å². The Kier molecular flexibility index (Phi) is 4.37. The van der Waals surface area contributed by atoms with E-state index in [4.69, 9.17) is 20.9 Å². The summed E-state index contributed by atoms with van der Waals surface area (Å²) in [5.41, 5.74) is 13.4. The molecule has 2 atom stereocenters. The Bertz CT molecular complexity index is 898. The number of amides is 1. The third kappa shape index (κ3) is 2.88. The molecule has 1 saturated carbocycles. The van der Waals surface area contributed by atoms with Crippen LogP contribution in [0.1, 0.15) is 60.4 Å². The number of rotatable bonds is 2. The molecule has 0 bridgehead atoms. The Balaban J connectivity index is 1.98. The van der Waals surface area contributed by atoms with E-state index in [1.54, 1.807) is 6.26 Å². The minimum Gasteiger partial charge on any atom is -0.465 e. The highest BCUT2D eigenvalue weighted by Crippen LogP contribution is 2.36. The summed E-state index contributed by atoms with van der Waals surface area (Å²) in [6, 6.07) is 4.11. The Morgan fingerprint density at radius 1 is 1.20 bits per heavy atom. The summed E-state index contributed by atoms with van der Waals surface area (Å²) >= 11 is 1.32. The molecule has 1 fully saturated rings. The molecule has 1 amide bonds. The van der Waals surface area contributed by atoms with Gasteiger partial charge in [0.2, 0.25) is 0 Å². The fraction of sp³-hybridized carbons (Fsp3) is 0.474. The zero-order chi connectivity index (χ0) is 17.4. The summed E-state index contributed by atoms with van der Waals surface area (Å²) in [7, 11) is 0. The average Bonchev–Trinajstić information content (AvgIpc) is 3.23. The summed E-state index contributed by atoms with van der Waals surface area (Å²) in [5, 5.41) is 0.870. The van der Waals surface area contributed by atoms with Gasteiger partial charge in [-0.15, -0.1) is 11.3 Å². The molecule has 25 heavy (non-hydrogen) atoms. The topological polar surface area (TPSA) is 94.6 Å². The molecule has 0 unspecified atom stereocenters. The van der Waals surface area contributed by atoms with Gasteiger partial charge in [-0.3, -0.25) is 9.79 Å². The molecule has 0 radical (unpaired) electrons. The van der Waals surface area contributed by atoms with Crippen molar-refractivity contribution in [1.29, 1.82) is 0 Å². The van der Waals surface area contributed by atoms with Gasteiger partial charge in [0.05, 0.1) is 18.0 Å². The van der Waals surface area contributed by atoms with Gasteiger partial charge in [-0.2, -0.15) is 0 Å². The van der Waals surface area contributed by atoms with Crippen LogP contribution in [-0.4, -0.2) is 11.9 Å². The van der Waals surface area contributed by atoms with E-state index < -0.39 is 5.91 Å². The van der Waals surface area contributed by atoms with Crippen LogP contribution in [-0.2, 0) is 0 Å². The Hall–Kier alpha value is -2.08. The van der Waals surface area contributed by atoms with E-state index in [1.807, 2.05) is 12.1 Å². The van der Waals surface area contributed by atoms with Crippen LogP contribution in [0.2, 0.25) is 0 Å². The summed E-state index contributed by atoms with van der Waals surface area (Å²) in [4.78, 5) is 17.2. The number of nitrogen functional groups attached to an aromatic ring is 1. The molecule has 2 aromatic rings. The highest BCUT2D eigenvalue weighted by molar-refractivity contribution is 7.12. The Morgan fingerprint density at radius 3 is 2.68 bits per heavy atom. The number of hydrogen-bond donors (Lipinski definition) is 2. The molecule has 2 aliphatic rings. The highest BCUT2D eigenvalue weighted by Gasteiger charge is 2.33. The SMILES string of the molecule is NC(=O)c1sc2c(c1N)=C(c1ccco1)[C@H]1CCCCCCC[C@H]1N=2. The van der Waals surface area contributed by atoms with E-state index >= 15 is 0 Å². The predicted molar refractivity (Wildman–Crippen MR) is 98.8 cm³/mol. The second kappa shape index (κ2) is 6.67. The lowest BCUT2D eigenvalue weighted by Crippen LogP contribution is -2.38. The van der Waals surface area contributed by atoms with Crippen molar-refractivity contribution in [3.05, 3.63) is 38.9 Å². The zero-order valence-electron chi connectivity index (χ0n) is 14.2. The maximum atomic E-state index is 11.8. The first-order chi connectivity index (χ1) is 12.2. The van der Waals surface area contributed by atoms with Crippen molar-refractivity contribution in [2.45, 2.75) is 51.0 Å². The molecular weight excluding hydrogens is 334 g/mol. The summed E-state index contributed by atoms with van der Waals surface area (Å²) in [6.07, 6.45) is 10.0. The number of nitrogens with zero attached hydrogens (tertiary/aromatic N) is 1. The molecule has 6 heteroatoms. The van der Waals surface area contributed by atoms with Crippen molar-refractivity contribution >= 4 is 28.5 Å². The van der Waals surface area contributed by atoms with Crippen LogP contribution >= 0.6 is 11.3 Å². The van der Waals surface area contributed by atoms with Gasteiger partial charge in [-0.1, -0.05) is 32.1 Å². The number of primary amides is 1. The molecule has 2 aromatic heterocycles. The van der Waals surface area contributed by atoms with Crippen molar-refractivity contribution in [1.82, 2.24) is 0 Å². The first-order valence-corrected chi connectivity index (χ1v) is 9.82. The second-order valence-corrected chi connectivity index (χ2v) is 7.93. The third-order valence-electron chi connectivity index (χ3n) is 5.34. The molecule has 4 rings (SSSR count). The molecule has 1 aliphatic heterocycles. The minimum atomic E-state index is -0.486. The van der Waals surface area contributed by atoms with Gasteiger partial charge in [0.25, 0.3) is 5.91 Å². The van der Waals surface area contributed by atoms with Gasteiger partial charge >= 0.3 is 0 Å². The van der Waals surface area contributed by atoms with Gasteiger partial charge in [0.1, 0.15) is 15.3 Å². The van der Waals surface area contributed by atoms with Crippen LogP contribution in [0.5, 0.6) is 0 Å². The number of anilines is 1. The minimum absolute atomic E-state index is 0.226. The van der Waals surface area contributed by atoms with Crippen LogP contribution in [0.3, 0.4) is 0 Å². The highest BCUT2D eigenvalue weighted by atomic mass is 32.1. The van der Waals surface area contributed by atoms with Crippen LogP contribution in [0.25, 0.3) is 5.57 Å². The van der Waals surface area contributed by atoms with E-state index in [1.165, 1.54) is 43.4 Å². The molecule has 1 aliphatic carbocycles. The number of hydrogen-bond acceptors (Lipinski definition) is 5. The molecule has 0 saturated heterocycles. The number of thiophene rings is 1. The maximum Gasteiger partial charge on any atom is 0.260 e. The average molecular weight is 357 g/mol.